The predicted octanol–water partition coefficient (Wildman–Crippen LogP) is 3.35. The fourth-order valence-corrected chi connectivity index (χ4v) is 3.14. The van der Waals surface area contributed by atoms with Crippen LogP contribution < -0.4 is 10.3 Å². The first kappa shape index (κ1) is 14.3. The highest BCUT2D eigenvalue weighted by molar-refractivity contribution is 7.16. The molecule has 0 aliphatic rings. The maximum Gasteiger partial charge on any atom is 0.275 e. The molecule has 1 aromatic carbocycles. The average Bonchev–Trinajstić information content (AvgIpc) is 2.81. The van der Waals surface area contributed by atoms with Crippen LogP contribution in [0.3, 0.4) is 0 Å². The third-order valence-electron chi connectivity index (χ3n) is 2.67. The Bertz CT molecular complexity index is 855. The molecule has 0 unspecified atom stereocenters. The molecule has 108 valence electrons. The quantitative estimate of drug-likeness (QED) is 0.733. The molecule has 2 heterocycles. The second-order valence-corrected chi connectivity index (χ2v) is 6.12. The zero-order chi connectivity index (χ0) is 15.0. The smallest absolute Gasteiger partial charge is 0.275 e. The summed E-state index contributed by atoms with van der Waals surface area (Å²) in [7, 11) is 0. The van der Waals surface area contributed by atoms with Crippen molar-refractivity contribution in [2.24, 2.45) is 0 Å². The Labute approximate surface area is 133 Å². The molecule has 8 heteroatoms. The lowest BCUT2D eigenvalue weighted by molar-refractivity contribution is 0.304. The summed E-state index contributed by atoms with van der Waals surface area (Å²) in [5, 5.41) is 5.64. The van der Waals surface area contributed by atoms with Crippen LogP contribution in [0.2, 0.25) is 10.0 Å². The third-order valence-corrected chi connectivity index (χ3v) is 4.15. The van der Waals surface area contributed by atoms with Gasteiger partial charge < -0.3 is 4.74 Å². The van der Waals surface area contributed by atoms with Crippen molar-refractivity contribution in [2.45, 2.75) is 13.5 Å². The van der Waals surface area contributed by atoms with Crippen LogP contribution in [0.1, 0.15) is 10.7 Å². The van der Waals surface area contributed by atoms with Gasteiger partial charge in [-0.25, -0.2) is 4.98 Å². The molecule has 0 bridgehead atoms. The summed E-state index contributed by atoms with van der Waals surface area (Å²) >= 11 is 13.3. The predicted molar refractivity (Wildman–Crippen MR) is 82.7 cm³/mol. The molecule has 0 atom stereocenters. The van der Waals surface area contributed by atoms with Gasteiger partial charge >= 0.3 is 0 Å². The molecule has 0 aliphatic carbocycles. The van der Waals surface area contributed by atoms with Gasteiger partial charge in [-0.05, 0) is 19.1 Å². The van der Waals surface area contributed by atoms with E-state index in [0.717, 1.165) is 0 Å². The zero-order valence-electron chi connectivity index (χ0n) is 10.8. The van der Waals surface area contributed by atoms with E-state index in [4.69, 9.17) is 27.9 Å². The summed E-state index contributed by atoms with van der Waals surface area (Å²) in [6, 6.07) is 6.55. The highest BCUT2D eigenvalue weighted by Crippen LogP contribution is 2.33. The van der Waals surface area contributed by atoms with Crippen LogP contribution in [0.4, 0.5) is 0 Å². The van der Waals surface area contributed by atoms with Gasteiger partial charge in [0.2, 0.25) is 4.96 Å². The third kappa shape index (κ3) is 2.88. The minimum absolute atomic E-state index is 0.163. The maximum atomic E-state index is 11.8. The van der Waals surface area contributed by atoms with Gasteiger partial charge in [-0.1, -0.05) is 40.6 Å². The van der Waals surface area contributed by atoms with Gasteiger partial charge in [0.1, 0.15) is 6.61 Å². The van der Waals surface area contributed by atoms with E-state index in [2.05, 4.69) is 10.1 Å². The van der Waals surface area contributed by atoms with Crippen LogP contribution >= 0.6 is 34.5 Å². The number of hydrogen-bond donors (Lipinski definition) is 0. The summed E-state index contributed by atoms with van der Waals surface area (Å²) < 4.78 is 6.85. The minimum atomic E-state index is -0.212. The fraction of sp³-hybridized carbons (Fsp3) is 0.154. The van der Waals surface area contributed by atoms with E-state index in [0.29, 0.717) is 31.5 Å². The van der Waals surface area contributed by atoms with E-state index in [9.17, 15) is 4.79 Å². The van der Waals surface area contributed by atoms with E-state index in [-0.39, 0.29) is 12.2 Å². The van der Waals surface area contributed by atoms with Crippen molar-refractivity contribution in [1.82, 2.24) is 14.6 Å². The number of rotatable bonds is 3. The van der Waals surface area contributed by atoms with E-state index >= 15 is 0 Å². The topological polar surface area (TPSA) is 56.5 Å². The van der Waals surface area contributed by atoms with Gasteiger partial charge in [-0.2, -0.15) is 9.61 Å². The van der Waals surface area contributed by atoms with Crippen LogP contribution in [0.5, 0.6) is 5.75 Å². The first-order valence-electron chi connectivity index (χ1n) is 5.98. The molecular weight excluding hydrogens is 333 g/mol. The van der Waals surface area contributed by atoms with Crippen LogP contribution in [-0.2, 0) is 6.61 Å². The number of para-hydroxylation sites is 1. The van der Waals surface area contributed by atoms with Crippen LogP contribution in [0, 0.1) is 6.92 Å². The van der Waals surface area contributed by atoms with Gasteiger partial charge in [0, 0.05) is 11.8 Å². The van der Waals surface area contributed by atoms with Crippen molar-refractivity contribution >= 4 is 39.5 Å². The van der Waals surface area contributed by atoms with Gasteiger partial charge in [0.25, 0.3) is 5.56 Å². The molecule has 0 saturated carbocycles. The van der Waals surface area contributed by atoms with Crippen molar-refractivity contribution < 1.29 is 4.74 Å². The van der Waals surface area contributed by atoms with Crippen molar-refractivity contribution in [3.8, 4) is 5.75 Å². The second kappa shape index (κ2) is 5.63. The molecule has 3 rings (SSSR count). The molecule has 2 aromatic heterocycles. The van der Waals surface area contributed by atoms with E-state index < -0.39 is 0 Å². The van der Waals surface area contributed by atoms with E-state index in [1.807, 2.05) is 0 Å². The fourth-order valence-electron chi connectivity index (χ4n) is 1.77. The first-order chi connectivity index (χ1) is 10.0. The second-order valence-electron chi connectivity index (χ2n) is 4.27. The lowest BCUT2D eigenvalue weighted by Gasteiger charge is -2.07. The Balaban J connectivity index is 1.89. The summed E-state index contributed by atoms with van der Waals surface area (Å²) in [6.45, 7) is 1.93. The maximum absolute atomic E-state index is 11.8. The summed E-state index contributed by atoms with van der Waals surface area (Å²) in [4.78, 5) is 16.6. The summed E-state index contributed by atoms with van der Waals surface area (Å²) in [5.74, 6) is 0.400. The Morgan fingerprint density at radius 2 is 2.05 bits per heavy atom. The number of hydrogen-bond acceptors (Lipinski definition) is 5. The number of fused-ring (bicyclic) bond motifs is 1. The molecule has 0 saturated heterocycles. The molecule has 21 heavy (non-hydrogen) atoms. The molecule has 0 aliphatic heterocycles. The van der Waals surface area contributed by atoms with Crippen LogP contribution in [0.25, 0.3) is 4.96 Å². The van der Waals surface area contributed by atoms with Crippen molar-refractivity contribution in [3.63, 3.8) is 0 Å². The average molecular weight is 342 g/mol. The lowest BCUT2D eigenvalue weighted by Crippen LogP contribution is -2.14. The van der Waals surface area contributed by atoms with Gasteiger partial charge in [0.15, 0.2) is 10.8 Å². The van der Waals surface area contributed by atoms with E-state index in [1.54, 1.807) is 25.1 Å². The number of nitrogens with zero attached hydrogens (tertiary/aromatic N) is 3. The Hall–Kier alpha value is -1.63. The van der Waals surface area contributed by atoms with Crippen molar-refractivity contribution in [1.29, 1.82) is 0 Å². The highest BCUT2D eigenvalue weighted by Gasteiger charge is 2.11. The molecule has 3 aromatic rings. The van der Waals surface area contributed by atoms with Gasteiger partial charge in [0.05, 0.1) is 10.0 Å². The monoisotopic (exact) mass is 341 g/mol. The number of aromatic nitrogens is 3. The lowest BCUT2D eigenvalue weighted by atomic mass is 10.3. The molecular formula is C13H9Cl2N3O2S. The van der Waals surface area contributed by atoms with E-state index in [1.165, 1.54) is 21.9 Å². The number of aryl methyl sites for hydroxylation is 1. The SMILES string of the molecule is Cc1cc(=O)n2nc(COc3c(Cl)cccc3Cl)sc2n1. The molecule has 0 radical (unpaired) electrons. The normalized spacial score (nSPS) is 11.0. The van der Waals surface area contributed by atoms with Crippen molar-refractivity contribution in [3.05, 3.63) is 55.4 Å². The van der Waals surface area contributed by atoms with Crippen LogP contribution in [-0.4, -0.2) is 14.6 Å². The van der Waals surface area contributed by atoms with Gasteiger partial charge in [-0.3, -0.25) is 4.79 Å². The summed E-state index contributed by atoms with van der Waals surface area (Å²) in [6.07, 6.45) is 0. The molecule has 5 nitrogen and oxygen atoms in total. The molecule has 0 amide bonds. The first-order valence-corrected chi connectivity index (χ1v) is 7.55. The number of halogens is 2. The Morgan fingerprint density at radius 3 is 2.76 bits per heavy atom. The summed E-state index contributed by atoms with van der Waals surface area (Å²) in [5.41, 5.74) is 0.445. The molecule has 0 N–H and O–H groups in total. The Kier molecular flexibility index (Phi) is 3.84. The van der Waals surface area contributed by atoms with Gasteiger partial charge in [-0.15, -0.1) is 0 Å². The largest absolute Gasteiger partial charge is 0.483 e. The Morgan fingerprint density at radius 1 is 1.33 bits per heavy atom. The molecule has 0 fully saturated rings. The highest BCUT2D eigenvalue weighted by atomic mass is 35.5. The van der Waals surface area contributed by atoms with Crippen molar-refractivity contribution in [2.75, 3.05) is 0 Å². The zero-order valence-corrected chi connectivity index (χ0v) is 13.2. The molecule has 0 spiro atoms. The van der Waals surface area contributed by atoms with Crippen LogP contribution in [0.15, 0.2) is 29.1 Å². The number of benzene rings is 1. The minimum Gasteiger partial charge on any atom is -0.483 e. The number of ether oxygens (including phenoxy) is 1. The standard InChI is InChI=1S/C13H9Cl2N3O2S/c1-7-5-11(19)18-13(16-7)21-10(17-18)6-20-12-8(14)3-2-4-9(12)15/h2-5H,6H2,1H3.